The molecule has 4 rings (SSSR count). The molecule has 32 heavy (non-hydrogen) atoms. The summed E-state index contributed by atoms with van der Waals surface area (Å²) < 4.78 is 15.7. The Morgan fingerprint density at radius 2 is 1.94 bits per heavy atom. The molecule has 1 atom stereocenters. The van der Waals surface area contributed by atoms with Crippen molar-refractivity contribution in [3.8, 4) is 5.75 Å². The van der Waals surface area contributed by atoms with Crippen molar-refractivity contribution in [2.75, 3.05) is 32.2 Å². The number of nitrogens with zero attached hydrogens (tertiary/aromatic N) is 1. The first kappa shape index (κ1) is 21.5. The van der Waals surface area contributed by atoms with Crippen molar-refractivity contribution in [1.82, 2.24) is 4.90 Å². The molecule has 0 aliphatic carbocycles. The van der Waals surface area contributed by atoms with Crippen molar-refractivity contribution < 1.29 is 33.4 Å². The third kappa shape index (κ3) is 4.47. The van der Waals surface area contributed by atoms with Crippen molar-refractivity contribution in [3.05, 3.63) is 59.2 Å². The van der Waals surface area contributed by atoms with E-state index in [1.54, 1.807) is 24.3 Å². The molecule has 2 aliphatic heterocycles. The van der Waals surface area contributed by atoms with E-state index >= 15 is 0 Å². The first-order chi connectivity index (χ1) is 15.5. The quantitative estimate of drug-likeness (QED) is 0.521. The maximum absolute atomic E-state index is 12.7. The fraction of sp³-hybridized carbons (Fsp3) is 0.304. The number of esters is 1. The van der Waals surface area contributed by atoms with Gasteiger partial charge in [0.2, 0.25) is 0 Å². The number of methoxy groups -OCH3 is 1. The molecule has 1 N–H and O–H groups in total. The highest BCUT2D eigenvalue weighted by molar-refractivity contribution is 6.22. The Kier molecular flexibility index (Phi) is 6.18. The lowest BCUT2D eigenvalue weighted by atomic mass is 10.1. The van der Waals surface area contributed by atoms with E-state index in [2.05, 4.69) is 5.32 Å². The van der Waals surface area contributed by atoms with E-state index in [-0.39, 0.29) is 29.3 Å². The van der Waals surface area contributed by atoms with Gasteiger partial charge in [0.15, 0.2) is 6.61 Å². The normalized spacial score (nSPS) is 17.3. The van der Waals surface area contributed by atoms with E-state index in [0.717, 1.165) is 17.7 Å². The molecule has 2 aromatic rings. The van der Waals surface area contributed by atoms with Gasteiger partial charge in [-0.25, -0.2) is 4.79 Å². The molecule has 0 bridgehead atoms. The Hall–Kier alpha value is -3.72. The van der Waals surface area contributed by atoms with Crippen LogP contribution in [-0.2, 0) is 14.3 Å². The first-order valence-electron chi connectivity index (χ1n) is 10.2. The number of benzene rings is 2. The fourth-order valence-electron chi connectivity index (χ4n) is 3.69. The Labute approximate surface area is 184 Å². The maximum Gasteiger partial charge on any atom is 0.338 e. The van der Waals surface area contributed by atoms with Gasteiger partial charge in [-0.2, -0.15) is 0 Å². The van der Waals surface area contributed by atoms with Crippen molar-refractivity contribution in [3.63, 3.8) is 0 Å². The molecule has 9 nitrogen and oxygen atoms in total. The van der Waals surface area contributed by atoms with Gasteiger partial charge in [0.25, 0.3) is 17.7 Å². The zero-order chi connectivity index (χ0) is 22.7. The third-order valence-electron chi connectivity index (χ3n) is 5.30. The van der Waals surface area contributed by atoms with E-state index in [1.807, 2.05) is 0 Å². The second kappa shape index (κ2) is 9.19. The number of rotatable bonds is 7. The van der Waals surface area contributed by atoms with Gasteiger partial charge in [-0.3, -0.25) is 19.3 Å². The number of imide groups is 1. The molecule has 2 aromatic carbocycles. The monoisotopic (exact) mass is 438 g/mol. The van der Waals surface area contributed by atoms with Gasteiger partial charge in [0, 0.05) is 18.4 Å². The number of carbonyl (C=O) groups excluding carboxylic acids is 4. The summed E-state index contributed by atoms with van der Waals surface area (Å²) in [5.74, 6) is -1.59. The van der Waals surface area contributed by atoms with Gasteiger partial charge in [-0.15, -0.1) is 0 Å². The van der Waals surface area contributed by atoms with Crippen LogP contribution in [-0.4, -0.2) is 61.6 Å². The molecule has 0 spiro atoms. The fourth-order valence-corrected chi connectivity index (χ4v) is 3.69. The Bertz CT molecular complexity index is 1080. The Morgan fingerprint density at radius 1 is 1.12 bits per heavy atom. The predicted molar refractivity (Wildman–Crippen MR) is 113 cm³/mol. The number of amides is 3. The summed E-state index contributed by atoms with van der Waals surface area (Å²) >= 11 is 0. The molecule has 2 heterocycles. The minimum absolute atomic E-state index is 0.0815. The SMILES string of the molecule is COc1cccc(NC(=O)COC(=O)c2ccc3c(c2)C(=O)N(C[C@H]2CCCO2)C3=O)c1. The van der Waals surface area contributed by atoms with Crippen LogP contribution in [0.5, 0.6) is 5.75 Å². The Balaban J connectivity index is 1.37. The van der Waals surface area contributed by atoms with Gasteiger partial charge < -0.3 is 19.5 Å². The molecule has 1 fully saturated rings. The van der Waals surface area contributed by atoms with Crippen LogP contribution in [0.4, 0.5) is 5.69 Å². The van der Waals surface area contributed by atoms with Crippen LogP contribution in [0.3, 0.4) is 0 Å². The molecular weight excluding hydrogens is 416 g/mol. The molecule has 166 valence electrons. The van der Waals surface area contributed by atoms with Gasteiger partial charge in [0.1, 0.15) is 5.75 Å². The van der Waals surface area contributed by atoms with Crippen molar-refractivity contribution in [2.45, 2.75) is 18.9 Å². The molecule has 1 saturated heterocycles. The number of anilines is 1. The molecule has 9 heteroatoms. The van der Waals surface area contributed by atoms with E-state index in [9.17, 15) is 19.2 Å². The lowest BCUT2D eigenvalue weighted by Gasteiger charge is -2.17. The lowest BCUT2D eigenvalue weighted by Crippen LogP contribution is -2.36. The van der Waals surface area contributed by atoms with Crippen LogP contribution in [0.2, 0.25) is 0 Å². The number of hydrogen-bond donors (Lipinski definition) is 1. The minimum atomic E-state index is -0.772. The third-order valence-corrected chi connectivity index (χ3v) is 5.30. The lowest BCUT2D eigenvalue weighted by molar-refractivity contribution is -0.119. The minimum Gasteiger partial charge on any atom is -0.497 e. The number of ether oxygens (including phenoxy) is 3. The highest BCUT2D eigenvalue weighted by Gasteiger charge is 2.38. The summed E-state index contributed by atoms with van der Waals surface area (Å²) in [7, 11) is 1.51. The predicted octanol–water partition coefficient (Wildman–Crippen LogP) is 2.27. The van der Waals surface area contributed by atoms with E-state index < -0.39 is 30.3 Å². The average Bonchev–Trinajstić information content (AvgIpc) is 3.40. The van der Waals surface area contributed by atoms with Crippen LogP contribution in [0.25, 0.3) is 0 Å². The van der Waals surface area contributed by atoms with E-state index in [1.165, 1.54) is 25.3 Å². The number of fused-ring (bicyclic) bond motifs is 1. The maximum atomic E-state index is 12.7. The number of carbonyl (C=O) groups is 4. The molecule has 3 amide bonds. The summed E-state index contributed by atoms with van der Waals surface area (Å²) in [4.78, 5) is 50.9. The van der Waals surface area contributed by atoms with Crippen LogP contribution in [0.1, 0.15) is 43.9 Å². The molecule has 0 unspecified atom stereocenters. The summed E-state index contributed by atoms with van der Waals surface area (Å²) in [6.45, 7) is 0.303. The van der Waals surface area contributed by atoms with E-state index in [4.69, 9.17) is 14.2 Å². The number of nitrogens with one attached hydrogen (secondary N) is 1. The Morgan fingerprint density at radius 3 is 2.69 bits per heavy atom. The van der Waals surface area contributed by atoms with Crippen LogP contribution < -0.4 is 10.1 Å². The second-order valence-electron chi connectivity index (χ2n) is 7.47. The summed E-state index contributed by atoms with van der Waals surface area (Å²) in [6.07, 6.45) is 1.53. The van der Waals surface area contributed by atoms with E-state index in [0.29, 0.717) is 18.0 Å². The molecule has 0 radical (unpaired) electrons. The molecule has 2 aliphatic rings. The zero-order valence-corrected chi connectivity index (χ0v) is 17.5. The van der Waals surface area contributed by atoms with Crippen LogP contribution in [0, 0.1) is 0 Å². The van der Waals surface area contributed by atoms with Gasteiger partial charge in [-0.1, -0.05) is 6.07 Å². The number of hydrogen-bond acceptors (Lipinski definition) is 7. The summed E-state index contributed by atoms with van der Waals surface area (Å²) in [5, 5.41) is 2.60. The van der Waals surface area contributed by atoms with Crippen molar-refractivity contribution >= 4 is 29.4 Å². The van der Waals surface area contributed by atoms with Gasteiger partial charge >= 0.3 is 5.97 Å². The van der Waals surface area contributed by atoms with Crippen LogP contribution in [0.15, 0.2) is 42.5 Å². The highest BCUT2D eigenvalue weighted by Crippen LogP contribution is 2.26. The van der Waals surface area contributed by atoms with Gasteiger partial charge in [0.05, 0.1) is 36.4 Å². The highest BCUT2D eigenvalue weighted by atomic mass is 16.5. The smallest absolute Gasteiger partial charge is 0.338 e. The average molecular weight is 438 g/mol. The standard InChI is InChI=1S/C23H22N2O7/c1-30-16-5-2-4-15(11-16)24-20(26)13-32-23(29)14-7-8-18-19(10-14)22(28)25(21(18)27)12-17-6-3-9-31-17/h2,4-5,7-8,10-11,17H,3,6,9,12-13H2,1H3,(H,24,26)/t17-/m1/s1. The van der Waals surface area contributed by atoms with Crippen LogP contribution >= 0.6 is 0 Å². The van der Waals surface area contributed by atoms with Gasteiger partial charge in [-0.05, 0) is 43.2 Å². The molecular formula is C23H22N2O7. The summed E-state index contributed by atoms with van der Waals surface area (Å²) in [6, 6.07) is 10.9. The molecule has 0 saturated carbocycles. The van der Waals surface area contributed by atoms with Crippen molar-refractivity contribution in [2.24, 2.45) is 0 Å². The second-order valence-corrected chi connectivity index (χ2v) is 7.47. The largest absolute Gasteiger partial charge is 0.497 e. The first-order valence-corrected chi connectivity index (χ1v) is 10.2. The molecule has 0 aromatic heterocycles. The topological polar surface area (TPSA) is 111 Å². The zero-order valence-electron chi connectivity index (χ0n) is 17.5. The van der Waals surface area contributed by atoms with Crippen molar-refractivity contribution in [1.29, 1.82) is 0 Å². The summed E-state index contributed by atoms with van der Waals surface area (Å²) in [5.41, 5.74) is 0.958.